The van der Waals surface area contributed by atoms with Crippen molar-refractivity contribution in [3.05, 3.63) is 69.4 Å². The van der Waals surface area contributed by atoms with Crippen molar-refractivity contribution in [3.8, 4) is 0 Å². The molecule has 3 aromatic rings. The van der Waals surface area contributed by atoms with E-state index in [0.29, 0.717) is 0 Å². The summed E-state index contributed by atoms with van der Waals surface area (Å²) >= 11 is 5.67. The van der Waals surface area contributed by atoms with Gasteiger partial charge in [0.15, 0.2) is 0 Å². The van der Waals surface area contributed by atoms with Crippen molar-refractivity contribution in [2.45, 2.75) is 18.7 Å². The van der Waals surface area contributed by atoms with Crippen LogP contribution in [0.4, 0.5) is 0 Å². The van der Waals surface area contributed by atoms with E-state index >= 15 is 0 Å². The maximum atomic E-state index is 3.90. The van der Waals surface area contributed by atoms with Crippen molar-refractivity contribution in [2.75, 3.05) is 0 Å². The van der Waals surface area contributed by atoms with Crippen LogP contribution in [-0.4, -0.2) is 0 Å². The molecule has 0 spiro atoms. The Kier molecular flexibility index (Phi) is 3.46. The summed E-state index contributed by atoms with van der Waals surface area (Å²) in [6.45, 7) is 4.37. The molecule has 0 saturated heterocycles. The zero-order valence-corrected chi connectivity index (χ0v) is 13.4. The molecule has 0 radical (unpaired) electrons. The Morgan fingerprint density at radius 3 is 2.47 bits per heavy atom. The molecule has 0 saturated carbocycles. The average molecular weight is 331 g/mol. The van der Waals surface area contributed by atoms with Crippen LogP contribution in [0.25, 0.3) is 10.8 Å². The van der Waals surface area contributed by atoms with Crippen molar-refractivity contribution >= 4 is 38.0 Å². The molecule has 0 nitrogen and oxygen atoms in total. The van der Waals surface area contributed by atoms with E-state index in [2.05, 4.69) is 76.9 Å². The molecular weight excluding hydrogens is 316 g/mol. The lowest BCUT2D eigenvalue weighted by atomic mass is 9.94. The Hall–Kier alpha value is -1.12. The van der Waals surface area contributed by atoms with Crippen LogP contribution in [0.5, 0.6) is 0 Å². The molecule has 0 fully saturated rings. The number of hydrogen-bond donors (Lipinski definition) is 0. The molecule has 1 atom stereocenters. The van der Waals surface area contributed by atoms with Gasteiger partial charge >= 0.3 is 0 Å². The second-order valence-electron chi connectivity index (χ2n) is 4.89. The standard InChI is InChI=1S/C17H15BrS/c1-11-7-8-13-5-3-4-6-14(13)16(11)17(18)15-10-19-9-12(15)2/h3-10,17H,1-2H3. The fraction of sp³-hybridized carbons (Fsp3) is 0.176. The number of alkyl halides is 1. The van der Waals surface area contributed by atoms with E-state index in [9.17, 15) is 0 Å². The Morgan fingerprint density at radius 1 is 0.947 bits per heavy atom. The van der Waals surface area contributed by atoms with Crippen LogP contribution < -0.4 is 0 Å². The van der Waals surface area contributed by atoms with Crippen LogP contribution in [0, 0.1) is 13.8 Å². The average Bonchev–Trinajstić information content (AvgIpc) is 2.84. The van der Waals surface area contributed by atoms with Gasteiger partial charge in [0, 0.05) is 0 Å². The van der Waals surface area contributed by atoms with E-state index < -0.39 is 0 Å². The minimum Gasteiger partial charge on any atom is -0.152 e. The number of benzene rings is 2. The summed E-state index contributed by atoms with van der Waals surface area (Å²) < 4.78 is 0. The van der Waals surface area contributed by atoms with Gasteiger partial charge in [-0.1, -0.05) is 52.3 Å². The Labute approximate surface area is 126 Å². The van der Waals surface area contributed by atoms with Gasteiger partial charge < -0.3 is 0 Å². The molecule has 0 bridgehead atoms. The van der Waals surface area contributed by atoms with E-state index in [1.165, 1.54) is 33.0 Å². The Bertz CT molecular complexity index is 727. The predicted octanol–water partition coefficient (Wildman–Crippen LogP) is 6.00. The highest BCUT2D eigenvalue weighted by Crippen LogP contribution is 2.39. The largest absolute Gasteiger partial charge is 0.152 e. The quantitative estimate of drug-likeness (QED) is 0.505. The topological polar surface area (TPSA) is 0 Å². The van der Waals surface area contributed by atoms with E-state index in [-0.39, 0.29) is 4.83 Å². The van der Waals surface area contributed by atoms with Gasteiger partial charge in [-0.2, -0.15) is 11.3 Å². The Morgan fingerprint density at radius 2 is 1.74 bits per heavy atom. The van der Waals surface area contributed by atoms with Crippen LogP contribution in [-0.2, 0) is 0 Å². The van der Waals surface area contributed by atoms with Crippen molar-refractivity contribution in [2.24, 2.45) is 0 Å². The lowest BCUT2D eigenvalue weighted by molar-refractivity contribution is 1.15. The summed E-state index contributed by atoms with van der Waals surface area (Å²) in [6.07, 6.45) is 0. The third-order valence-electron chi connectivity index (χ3n) is 3.61. The first kappa shape index (κ1) is 12.9. The molecule has 2 heteroatoms. The summed E-state index contributed by atoms with van der Waals surface area (Å²) in [6, 6.07) is 13.0. The zero-order chi connectivity index (χ0) is 13.4. The maximum absolute atomic E-state index is 3.90. The van der Waals surface area contributed by atoms with Crippen LogP contribution in [0.2, 0.25) is 0 Å². The number of thiophene rings is 1. The molecule has 19 heavy (non-hydrogen) atoms. The lowest BCUT2D eigenvalue weighted by Crippen LogP contribution is -1.97. The summed E-state index contributed by atoms with van der Waals surface area (Å²) in [4.78, 5) is 0.268. The van der Waals surface area contributed by atoms with Gasteiger partial charge in [-0.3, -0.25) is 0 Å². The second-order valence-corrected chi connectivity index (χ2v) is 6.55. The van der Waals surface area contributed by atoms with Crippen LogP contribution in [0.1, 0.15) is 27.1 Å². The van der Waals surface area contributed by atoms with Crippen molar-refractivity contribution in [1.29, 1.82) is 0 Å². The molecule has 0 N–H and O–H groups in total. The molecule has 0 aliphatic heterocycles. The lowest BCUT2D eigenvalue weighted by Gasteiger charge is -2.16. The number of rotatable bonds is 2. The molecule has 2 aromatic carbocycles. The highest BCUT2D eigenvalue weighted by Gasteiger charge is 2.18. The van der Waals surface area contributed by atoms with E-state index in [4.69, 9.17) is 0 Å². The van der Waals surface area contributed by atoms with E-state index in [1.807, 2.05) is 0 Å². The first-order valence-corrected chi connectivity index (χ1v) is 8.19. The van der Waals surface area contributed by atoms with Crippen molar-refractivity contribution in [3.63, 3.8) is 0 Å². The molecule has 96 valence electrons. The third-order valence-corrected chi connectivity index (χ3v) is 5.44. The molecule has 0 aliphatic carbocycles. The normalized spacial score (nSPS) is 12.8. The number of aryl methyl sites for hydroxylation is 2. The second kappa shape index (κ2) is 5.10. The van der Waals surface area contributed by atoms with Crippen LogP contribution in [0.3, 0.4) is 0 Å². The first-order valence-electron chi connectivity index (χ1n) is 6.33. The van der Waals surface area contributed by atoms with Gasteiger partial charge in [-0.15, -0.1) is 0 Å². The predicted molar refractivity (Wildman–Crippen MR) is 88.5 cm³/mol. The molecule has 0 amide bonds. The first-order chi connectivity index (χ1) is 9.18. The number of hydrogen-bond acceptors (Lipinski definition) is 1. The minimum atomic E-state index is 0.268. The fourth-order valence-corrected chi connectivity index (χ4v) is 4.68. The van der Waals surface area contributed by atoms with Gasteiger partial charge in [0.05, 0.1) is 4.83 Å². The molecule has 1 heterocycles. The molecule has 1 aromatic heterocycles. The van der Waals surface area contributed by atoms with Crippen LogP contribution >= 0.6 is 27.3 Å². The van der Waals surface area contributed by atoms with Gasteiger partial charge in [0.1, 0.15) is 0 Å². The summed E-state index contributed by atoms with van der Waals surface area (Å²) in [7, 11) is 0. The molecule has 1 unspecified atom stereocenters. The number of halogens is 1. The van der Waals surface area contributed by atoms with Crippen molar-refractivity contribution in [1.82, 2.24) is 0 Å². The van der Waals surface area contributed by atoms with E-state index in [0.717, 1.165) is 0 Å². The molecular formula is C17H15BrS. The summed E-state index contributed by atoms with van der Waals surface area (Å²) in [5.41, 5.74) is 5.47. The SMILES string of the molecule is Cc1cscc1C(Br)c1c(C)ccc2ccccc12. The maximum Gasteiger partial charge on any atom is 0.0663 e. The summed E-state index contributed by atoms with van der Waals surface area (Å²) in [5, 5.41) is 7.11. The van der Waals surface area contributed by atoms with E-state index in [1.54, 1.807) is 11.3 Å². The third kappa shape index (κ3) is 2.24. The van der Waals surface area contributed by atoms with Crippen LogP contribution in [0.15, 0.2) is 47.2 Å². The highest BCUT2D eigenvalue weighted by atomic mass is 79.9. The Balaban J connectivity index is 2.24. The summed E-state index contributed by atoms with van der Waals surface area (Å²) in [5.74, 6) is 0. The van der Waals surface area contributed by atoms with Gasteiger partial charge in [-0.05, 0) is 57.6 Å². The number of fused-ring (bicyclic) bond motifs is 1. The molecule has 3 rings (SSSR count). The smallest absolute Gasteiger partial charge is 0.0663 e. The van der Waals surface area contributed by atoms with Gasteiger partial charge in [0.2, 0.25) is 0 Å². The minimum absolute atomic E-state index is 0.268. The highest BCUT2D eigenvalue weighted by molar-refractivity contribution is 9.09. The molecule has 0 aliphatic rings. The van der Waals surface area contributed by atoms with Gasteiger partial charge in [0.25, 0.3) is 0 Å². The monoisotopic (exact) mass is 330 g/mol. The van der Waals surface area contributed by atoms with Gasteiger partial charge in [-0.25, -0.2) is 0 Å². The van der Waals surface area contributed by atoms with Crippen molar-refractivity contribution < 1.29 is 0 Å². The fourth-order valence-electron chi connectivity index (χ4n) is 2.53. The zero-order valence-electron chi connectivity index (χ0n) is 11.0.